The summed E-state index contributed by atoms with van der Waals surface area (Å²) in [5.74, 6) is -0.0477. The highest BCUT2D eigenvalue weighted by molar-refractivity contribution is 6.30. The number of nitrogens with one attached hydrogen (secondary N) is 1. The minimum Gasteiger partial charge on any atom is -0.350 e. The summed E-state index contributed by atoms with van der Waals surface area (Å²) in [7, 11) is 1.88. The lowest BCUT2D eigenvalue weighted by atomic mass is 10.1. The number of pyridine rings is 1. The number of halogens is 1. The van der Waals surface area contributed by atoms with Crippen molar-refractivity contribution < 1.29 is 4.79 Å². The van der Waals surface area contributed by atoms with Crippen LogP contribution in [0, 0.1) is 0 Å². The van der Waals surface area contributed by atoms with Gasteiger partial charge in [0.1, 0.15) is 0 Å². The molecule has 2 aromatic heterocycles. The number of carbonyl (C=O) groups is 1. The van der Waals surface area contributed by atoms with E-state index in [0.717, 1.165) is 22.5 Å². The predicted molar refractivity (Wildman–Crippen MR) is 93.4 cm³/mol. The molecule has 0 aliphatic heterocycles. The number of carbonyl (C=O) groups excluding carboxylic acids is 1. The molecule has 0 spiro atoms. The van der Waals surface area contributed by atoms with E-state index in [0.29, 0.717) is 18.0 Å². The summed E-state index contributed by atoms with van der Waals surface area (Å²) >= 11 is 5.84. The minimum absolute atomic E-state index is 0.0477. The normalized spacial score (nSPS) is 10.6. The molecule has 0 saturated heterocycles. The quantitative estimate of drug-likeness (QED) is 0.776. The van der Waals surface area contributed by atoms with Crippen LogP contribution >= 0.6 is 11.6 Å². The molecule has 0 bridgehead atoms. The van der Waals surface area contributed by atoms with Crippen LogP contribution in [0.2, 0.25) is 5.02 Å². The van der Waals surface area contributed by atoms with E-state index in [1.54, 1.807) is 29.2 Å². The Morgan fingerprint density at radius 1 is 1.17 bits per heavy atom. The van der Waals surface area contributed by atoms with Crippen molar-refractivity contribution in [2.24, 2.45) is 7.05 Å². The van der Waals surface area contributed by atoms with Gasteiger partial charge in [0.15, 0.2) is 0 Å². The van der Waals surface area contributed by atoms with E-state index in [1.807, 2.05) is 37.4 Å². The zero-order chi connectivity index (χ0) is 16.9. The van der Waals surface area contributed by atoms with Gasteiger partial charge in [-0.25, -0.2) is 0 Å². The van der Waals surface area contributed by atoms with Crippen LogP contribution in [0.3, 0.4) is 0 Å². The van der Waals surface area contributed by atoms with E-state index < -0.39 is 0 Å². The Kier molecular flexibility index (Phi) is 4.91. The maximum absolute atomic E-state index is 12.0. The second-order valence-electron chi connectivity index (χ2n) is 5.46. The largest absolute Gasteiger partial charge is 0.350 e. The summed E-state index contributed by atoms with van der Waals surface area (Å²) in [4.78, 5) is 16.1. The molecular formula is C18H17ClN4O. The van der Waals surface area contributed by atoms with Gasteiger partial charge in [0, 0.05) is 30.0 Å². The molecule has 122 valence electrons. The first-order chi connectivity index (χ1) is 11.6. The molecule has 5 nitrogen and oxygen atoms in total. The lowest BCUT2D eigenvalue weighted by Crippen LogP contribution is -2.24. The summed E-state index contributed by atoms with van der Waals surface area (Å²) in [5, 5.41) is 8.00. The number of aryl methyl sites for hydroxylation is 1. The Labute approximate surface area is 145 Å². The Bertz CT molecular complexity index is 828. The minimum atomic E-state index is -0.0477. The first kappa shape index (κ1) is 16.2. The van der Waals surface area contributed by atoms with E-state index in [4.69, 9.17) is 11.6 Å². The molecule has 0 saturated carbocycles. The summed E-state index contributed by atoms with van der Waals surface area (Å²) in [6, 6.07) is 13.1. The van der Waals surface area contributed by atoms with E-state index in [2.05, 4.69) is 15.4 Å². The molecule has 1 N–H and O–H groups in total. The van der Waals surface area contributed by atoms with Crippen LogP contribution in [0.5, 0.6) is 0 Å². The van der Waals surface area contributed by atoms with Crippen LogP contribution in [-0.2, 0) is 24.8 Å². The number of nitrogens with zero attached hydrogens (tertiary/aromatic N) is 3. The molecule has 0 aliphatic carbocycles. The molecule has 3 aromatic rings. The Balaban J connectivity index is 1.61. The van der Waals surface area contributed by atoms with Crippen LogP contribution in [0.4, 0.5) is 0 Å². The fourth-order valence-corrected chi connectivity index (χ4v) is 2.57. The standard InChI is InChI=1S/C18H17ClN4O/c1-23-17(14-6-8-20-9-7-14)11-16(22-23)12-21-18(24)10-13-2-4-15(19)5-3-13/h2-9,11H,10,12H2,1H3,(H,21,24). The third-order valence-electron chi connectivity index (χ3n) is 3.65. The second kappa shape index (κ2) is 7.27. The summed E-state index contributed by atoms with van der Waals surface area (Å²) < 4.78 is 1.80. The molecule has 0 fully saturated rings. The molecule has 0 aliphatic rings. The molecule has 3 rings (SSSR count). The molecule has 2 heterocycles. The number of rotatable bonds is 5. The Morgan fingerprint density at radius 2 is 1.88 bits per heavy atom. The number of benzene rings is 1. The van der Waals surface area contributed by atoms with Crippen molar-refractivity contribution in [1.82, 2.24) is 20.1 Å². The number of aromatic nitrogens is 3. The lowest BCUT2D eigenvalue weighted by molar-refractivity contribution is -0.120. The topological polar surface area (TPSA) is 59.8 Å². The molecule has 6 heteroatoms. The first-order valence-corrected chi connectivity index (χ1v) is 7.94. The van der Waals surface area contributed by atoms with Crippen molar-refractivity contribution in [3.8, 4) is 11.3 Å². The van der Waals surface area contributed by atoms with Gasteiger partial charge in [-0.1, -0.05) is 23.7 Å². The van der Waals surface area contributed by atoms with Crippen LogP contribution < -0.4 is 5.32 Å². The summed E-state index contributed by atoms with van der Waals surface area (Å²) in [5.41, 5.74) is 3.77. The zero-order valence-corrected chi connectivity index (χ0v) is 14.0. The number of hydrogen-bond acceptors (Lipinski definition) is 3. The molecule has 0 radical (unpaired) electrons. The molecular weight excluding hydrogens is 324 g/mol. The highest BCUT2D eigenvalue weighted by Gasteiger charge is 2.09. The maximum Gasteiger partial charge on any atom is 0.224 e. The summed E-state index contributed by atoms with van der Waals surface area (Å²) in [6.07, 6.45) is 3.81. The van der Waals surface area contributed by atoms with Gasteiger partial charge in [-0.2, -0.15) is 5.10 Å². The van der Waals surface area contributed by atoms with Crippen molar-refractivity contribution in [1.29, 1.82) is 0 Å². The smallest absolute Gasteiger partial charge is 0.224 e. The average Bonchev–Trinajstić information content (AvgIpc) is 2.97. The first-order valence-electron chi connectivity index (χ1n) is 7.56. The number of hydrogen-bond donors (Lipinski definition) is 1. The van der Waals surface area contributed by atoms with Gasteiger partial charge in [0.25, 0.3) is 0 Å². The van der Waals surface area contributed by atoms with Gasteiger partial charge < -0.3 is 5.32 Å². The van der Waals surface area contributed by atoms with Gasteiger partial charge in [0.05, 0.1) is 24.4 Å². The van der Waals surface area contributed by atoms with Gasteiger partial charge in [0.2, 0.25) is 5.91 Å². The van der Waals surface area contributed by atoms with E-state index in [9.17, 15) is 4.79 Å². The molecule has 0 atom stereocenters. The third kappa shape index (κ3) is 4.00. The van der Waals surface area contributed by atoms with Crippen LogP contribution in [0.1, 0.15) is 11.3 Å². The van der Waals surface area contributed by atoms with Gasteiger partial charge in [-0.15, -0.1) is 0 Å². The highest BCUT2D eigenvalue weighted by atomic mass is 35.5. The SMILES string of the molecule is Cn1nc(CNC(=O)Cc2ccc(Cl)cc2)cc1-c1ccncc1. The second-order valence-corrected chi connectivity index (χ2v) is 5.90. The van der Waals surface area contributed by atoms with Crippen LogP contribution in [-0.4, -0.2) is 20.7 Å². The van der Waals surface area contributed by atoms with Crippen LogP contribution in [0.25, 0.3) is 11.3 Å². The predicted octanol–water partition coefficient (Wildman–Crippen LogP) is 2.99. The fourth-order valence-electron chi connectivity index (χ4n) is 2.45. The van der Waals surface area contributed by atoms with E-state index in [-0.39, 0.29) is 5.91 Å². The Hall–Kier alpha value is -2.66. The highest BCUT2D eigenvalue weighted by Crippen LogP contribution is 2.18. The Morgan fingerprint density at radius 3 is 2.58 bits per heavy atom. The molecule has 0 unspecified atom stereocenters. The lowest BCUT2D eigenvalue weighted by Gasteiger charge is -2.03. The zero-order valence-electron chi connectivity index (χ0n) is 13.2. The fraction of sp³-hybridized carbons (Fsp3) is 0.167. The van der Waals surface area contributed by atoms with Gasteiger partial charge in [-0.3, -0.25) is 14.5 Å². The van der Waals surface area contributed by atoms with Crippen molar-refractivity contribution in [3.05, 3.63) is 71.1 Å². The summed E-state index contributed by atoms with van der Waals surface area (Å²) in [6.45, 7) is 0.394. The number of amides is 1. The average molecular weight is 341 g/mol. The molecule has 1 amide bonds. The molecule has 24 heavy (non-hydrogen) atoms. The maximum atomic E-state index is 12.0. The van der Waals surface area contributed by atoms with Gasteiger partial charge >= 0.3 is 0 Å². The van der Waals surface area contributed by atoms with Crippen molar-refractivity contribution in [2.45, 2.75) is 13.0 Å². The van der Waals surface area contributed by atoms with E-state index in [1.165, 1.54) is 0 Å². The third-order valence-corrected chi connectivity index (χ3v) is 3.90. The van der Waals surface area contributed by atoms with E-state index >= 15 is 0 Å². The van der Waals surface area contributed by atoms with Crippen LogP contribution in [0.15, 0.2) is 54.9 Å². The monoisotopic (exact) mass is 340 g/mol. The van der Waals surface area contributed by atoms with Crippen molar-refractivity contribution in [3.63, 3.8) is 0 Å². The van der Waals surface area contributed by atoms with Crippen molar-refractivity contribution >= 4 is 17.5 Å². The molecule has 1 aromatic carbocycles. The van der Waals surface area contributed by atoms with Gasteiger partial charge in [-0.05, 0) is 35.9 Å². The van der Waals surface area contributed by atoms with Crippen molar-refractivity contribution in [2.75, 3.05) is 0 Å².